The van der Waals surface area contributed by atoms with Gasteiger partial charge in [0.15, 0.2) is 5.78 Å². The van der Waals surface area contributed by atoms with Crippen molar-refractivity contribution in [2.45, 2.75) is 20.8 Å². The Bertz CT molecular complexity index is 765. The van der Waals surface area contributed by atoms with E-state index in [-0.39, 0.29) is 17.1 Å². The molecule has 0 aliphatic carbocycles. The Morgan fingerprint density at radius 2 is 1.80 bits per heavy atom. The van der Waals surface area contributed by atoms with Gasteiger partial charge in [-0.1, -0.05) is 50.2 Å². The van der Waals surface area contributed by atoms with Crippen molar-refractivity contribution in [2.75, 3.05) is 20.3 Å². The van der Waals surface area contributed by atoms with Crippen LogP contribution in [0.3, 0.4) is 0 Å². The first-order chi connectivity index (χ1) is 11.8. The largest absolute Gasteiger partial charge is 0.384 e. The highest BCUT2D eigenvalue weighted by molar-refractivity contribution is 6.02. The summed E-state index contributed by atoms with van der Waals surface area (Å²) < 4.78 is 5.17. The number of ether oxygens (including phenoxy) is 1. The maximum Gasteiger partial charge on any atom is 0.251 e. The van der Waals surface area contributed by atoms with Crippen LogP contribution in [0.4, 0.5) is 0 Å². The third kappa shape index (κ3) is 5.00. The van der Waals surface area contributed by atoms with E-state index in [1.807, 2.05) is 50.2 Å². The number of carbonyl (C=O) groups excluding carboxylic acids is 2. The SMILES string of the molecule is COCC(C)(C)CNC(=O)c1cccc(-c2ccccc2C(C)=O)c1. The second-order valence-corrected chi connectivity index (χ2v) is 6.96. The Hall–Kier alpha value is -2.46. The lowest BCUT2D eigenvalue weighted by molar-refractivity contribution is 0.0846. The molecule has 0 atom stereocenters. The predicted octanol–water partition coefficient (Wildman–Crippen LogP) is 3.96. The summed E-state index contributed by atoms with van der Waals surface area (Å²) in [6.45, 7) is 6.72. The van der Waals surface area contributed by atoms with Gasteiger partial charge in [-0.05, 0) is 30.2 Å². The molecule has 1 amide bonds. The summed E-state index contributed by atoms with van der Waals surface area (Å²) in [4.78, 5) is 24.3. The van der Waals surface area contributed by atoms with Crippen molar-refractivity contribution in [1.82, 2.24) is 5.32 Å². The number of carbonyl (C=O) groups is 2. The number of hydrogen-bond acceptors (Lipinski definition) is 3. The van der Waals surface area contributed by atoms with Crippen LogP contribution in [0.25, 0.3) is 11.1 Å². The van der Waals surface area contributed by atoms with Gasteiger partial charge >= 0.3 is 0 Å². The molecule has 1 N–H and O–H groups in total. The van der Waals surface area contributed by atoms with E-state index >= 15 is 0 Å². The number of hydrogen-bond donors (Lipinski definition) is 1. The normalized spacial score (nSPS) is 11.2. The van der Waals surface area contributed by atoms with Gasteiger partial charge in [-0.25, -0.2) is 0 Å². The number of methoxy groups -OCH3 is 1. The molecule has 0 unspecified atom stereocenters. The molecule has 0 saturated carbocycles. The molecule has 132 valence electrons. The Kier molecular flexibility index (Phi) is 6.10. The number of ketones is 1. The second-order valence-electron chi connectivity index (χ2n) is 6.96. The third-order valence-corrected chi connectivity index (χ3v) is 4.00. The van der Waals surface area contributed by atoms with Gasteiger partial charge in [0.2, 0.25) is 0 Å². The molecule has 2 aromatic rings. The summed E-state index contributed by atoms with van der Waals surface area (Å²) in [5.41, 5.74) is 2.79. The van der Waals surface area contributed by atoms with Gasteiger partial charge in [-0.2, -0.15) is 0 Å². The van der Waals surface area contributed by atoms with Crippen LogP contribution in [0, 0.1) is 5.41 Å². The summed E-state index contributed by atoms with van der Waals surface area (Å²) in [6.07, 6.45) is 0. The molecule has 4 nitrogen and oxygen atoms in total. The molecule has 25 heavy (non-hydrogen) atoms. The van der Waals surface area contributed by atoms with Crippen LogP contribution in [0.1, 0.15) is 41.5 Å². The minimum absolute atomic E-state index is 0.00627. The Balaban J connectivity index is 2.22. The molecule has 0 spiro atoms. The highest BCUT2D eigenvalue weighted by Gasteiger charge is 2.19. The molecule has 0 aliphatic heterocycles. The van der Waals surface area contributed by atoms with E-state index in [0.29, 0.717) is 24.3 Å². The van der Waals surface area contributed by atoms with Crippen LogP contribution in [-0.2, 0) is 4.74 Å². The summed E-state index contributed by atoms with van der Waals surface area (Å²) in [5, 5.41) is 2.95. The monoisotopic (exact) mass is 339 g/mol. The fraction of sp³-hybridized carbons (Fsp3) is 0.333. The van der Waals surface area contributed by atoms with Crippen LogP contribution < -0.4 is 5.32 Å². The van der Waals surface area contributed by atoms with Crippen molar-refractivity contribution in [3.63, 3.8) is 0 Å². The van der Waals surface area contributed by atoms with Gasteiger partial charge in [0, 0.05) is 30.2 Å². The molecule has 0 radical (unpaired) electrons. The Morgan fingerprint density at radius 1 is 1.08 bits per heavy atom. The van der Waals surface area contributed by atoms with E-state index in [0.717, 1.165) is 11.1 Å². The van der Waals surface area contributed by atoms with E-state index in [1.165, 1.54) is 0 Å². The van der Waals surface area contributed by atoms with Crippen molar-refractivity contribution in [3.8, 4) is 11.1 Å². The molecule has 0 saturated heterocycles. The van der Waals surface area contributed by atoms with Crippen LogP contribution in [0.15, 0.2) is 48.5 Å². The van der Waals surface area contributed by atoms with Crippen LogP contribution in [0.5, 0.6) is 0 Å². The predicted molar refractivity (Wildman–Crippen MR) is 99.9 cm³/mol. The minimum atomic E-state index is -0.136. The first-order valence-electron chi connectivity index (χ1n) is 8.31. The quantitative estimate of drug-likeness (QED) is 0.777. The molecule has 0 heterocycles. The first-order valence-corrected chi connectivity index (χ1v) is 8.31. The lowest BCUT2D eigenvalue weighted by atomic mass is 9.94. The molecule has 0 bridgehead atoms. The molecular formula is C21H25NO3. The first kappa shape index (κ1) is 18.9. The standard InChI is InChI=1S/C21H25NO3/c1-15(23)18-10-5-6-11-19(18)16-8-7-9-17(12-16)20(24)22-13-21(2,3)14-25-4/h5-12H,13-14H2,1-4H3,(H,22,24). The fourth-order valence-electron chi connectivity index (χ4n) is 2.73. The molecule has 2 rings (SSSR count). The van der Waals surface area contributed by atoms with Gasteiger partial charge in [-0.15, -0.1) is 0 Å². The number of Topliss-reactive ketones (excluding diaryl/α,β-unsaturated/α-hetero) is 1. The number of amides is 1. The highest BCUT2D eigenvalue weighted by atomic mass is 16.5. The van der Waals surface area contributed by atoms with Gasteiger partial charge in [0.05, 0.1) is 6.61 Å². The van der Waals surface area contributed by atoms with Crippen molar-refractivity contribution in [1.29, 1.82) is 0 Å². The van der Waals surface area contributed by atoms with Crippen molar-refractivity contribution in [2.24, 2.45) is 5.41 Å². The molecular weight excluding hydrogens is 314 g/mol. The van der Waals surface area contributed by atoms with E-state index in [9.17, 15) is 9.59 Å². The van der Waals surface area contributed by atoms with Crippen LogP contribution in [-0.4, -0.2) is 32.0 Å². The average Bonchev–Trinajstić information content (AvgIpc) is 2.60. The zero-order valence-electron chi connectivity index (χ0n) is 15.3. The summed E-state index contributed by atoms with van der Waals surface area (Å²) >= 11 is 0. The average molecular weight is 339 g/mol. The highest BCUT2D eigenvalue weighted by Crippen LogP contribution is 2.25. The summed E-state index contributed by atoms with van der Waals surface area (Å²) in [5.74, 6) is -0.127. The molecule has 0 aromatic heterocycles. The fourth-order valence-corrected chi connectivity index (χ4v) is 2.73. The van der Waals surface area contributed by atoms with E-state index in [4.69, 9.17) is 4.74 Å². The van der Waals surface area contributed by atoms with Gasteiger partial charge in [-0.3, -0.25) is 9.59 Å². The molecule has 0 aliphatic rings. The molecule has 0 fully saturated rings. The van der Waals surface area contributed by atoms with Crippen molar-refractivity contribution >= 4 is 11.7 Å². The van der Waals surface area contributed by atoms with Gasteiger partial charge < -0.3 is 10.1 Å². The van der Waals surface area contributed by atoms with Crippen LogP contribution >= 0.6 is 0 Å². The number of benzene rings is 2. The molecule has 4 heteroatoms. The van der Waals surface area contributed by atoms with Gasteiger partial charge in [0.1, 0.15) is 0 Å². The Labute approximate surface area is 149 Å². The zero-order valence-corrected chi connectivity index (χ0v) is 15.3. The minimum Gasteiger partial charge on any atom is -0.384 e. The maximum atomic E-state index is 12.5. The maximum absolute atomic E-state index is 12.5. The topological polar surface area (TPSA) is 55.4 Å². The third-order valence-electron chi connectivity index (χ3n) is 4.00. The Morgan fingerprint density at radius 3 is 2.48 bits per heavy atom. The summed E-state index contributed by atoms with van der Waals surface area (Å²) in [7, 11) is 1.65. The summed E-state index contributed by atoms with van der Waals surface area (Å²) in [6, 6.07) is 14.8. The lowest BCUT2D eigenvalue weighted by Crippen LogP contribution is -2.36. The van der Waals surface area contributed by atoms with Crippen molar-refractivity contribution in [3.05, 3.63) is 59.7 Å². The van der Waals surface area contributed by atoms with E-state index in [2.05, 4.69) is 5.32 Å². The van der Waals surface area contributed by atoms with E-state index in [1.54, 1.807) is 26.2 Å². The smallest absolute Gasteiger partial charge is 0.251 e. The number of rotatable bonds is 7. The van der Waals surface area contributed by atoms with Crippen LogP contribution in [0.2, 0.25) is 0 Å². The molecule has 2 aromatic carbocycles. The van der Waals surface area contributed by atoms with E-state index < -0.39 is 0 Å². The lowest BCUT2D eigenvalue weighted by Gasteiger charge is -2.23. The van der Waals surface area contributed by atoms with Crippen molar-refractivity contribution < 1.29 is 14.3 Å². The second kappa shape index (κ2) is 8.08. The zero-order chi connectivity index (χ0) is 18.4. The van der Waals surface area contributed by atoms with Gasteiger partial charge in [0.25, 0.3) is 5.91 Å². The number of nitrogens with one attached hydrogen (secondary N) is 1.